The minimum absolute atomic E-state index is 0.00142. The second kappa shape index (κ2) is 9.87. The number of ether oxygens (including phenoxy) is 1. The van der Waals surface area contributed by atoms with Gasteiger partial charge in [0.25, 0.3) is 0 Å². The highest BCUT2D eigenvalue weighted by Crippen LogP contribution is 2.20. The number of urea groups is 1. The van der Waals surface area contributed by atoms with Gasteiger partial charge in [0.2, 0.25) is 0 Å². The fourth-order valence-corrected chi connectivity index (χ4v) is 3.89. The Kier molecular flexibility index (Phi) is 7.51. The number of rotatable bonds is 5. The molecule has 2 atom stereocenters. The Hall–Kier alpha value is -1.41. The molecule has 1 aromatic carbocycles. The van der Waals surface area contributed by atoms with E-state index < -0.39 is 5.82 Å². The van der Waals surface area contributed by atoms with Gasteiger partial charge in [-0.3, -0.25) is 9.80 Å². The van der Waals surface area contributed by atoms with Gasteiger partial charge >= 0.3 is 6.03 Å². The number of piperazine rings is 1. The molecule has 8 heteroatoms. The summed E-state index contributed by atoms with van der Waals surface area (Å²) < 4.78 is 19.2. The minimum atomic E-state index is -0.495. The van der Waals surface area contributed by atoms with Gasteiger partial charge in [-0.05, 0) is 31.5 Å². The Bertz CT molecular complexity index is 670. The molecular weight excluding hydrogens is 383 g/mol. The Morgan fingerprint density at radius 3 is 2.75 bits per heavy atom. The van der Waals surface area contributed by atoms with Gasteiger partial charge in [0, 0.05) is 57.5 Å². The number of carbonyl (C=O) groups excluding carboxylic acids is 1. The highest BCUT2D eigenvalue weighted by atomic mass is 35.5. The van der Waals surface area contributed by atoms with Crippen LogP contribution >= 0.6 is 11.6 Å². The van der Waals surface area contributed by atoms with Crippen LogP contribution in [0.25, 0.3) is 0 Å². The van der Waals surface area contributed by atoms with E-state index in [1.165, 1.54) is 18.2 Å². The third-order valence-electron chi connectivity index (χ3n) is 5.68. The van der Waals surface area contributed by atoms with E-state index in [4.69, 9.17) is 16.3 Å². The number of benzene rings is 1. The number of carbonyl (C=O) groups is 1. The fourth-order valence-electron chi connectivity index (χ4n) is 3.71. The largest absolute Gasteiger partial charge is 0.374 e. The SMILES string of the molecule is CC[C@@H](C)N1CCO[C@H](CN2CCN(C(=O)Nc3ccc(F)c(Cl)c3)CC2)C1. The maximum atomic E-state index is 13.2. The van der Waals surface area contributed by atoms with E-state index in [0.717, 1.165) is 45.8 Å². The maximum absolute atomic E-state index is 13.2. The predicted octanol–water partition coefficient (Wildman–Crippen LogP) is 3.13. The third-order valence-corrected chi connectivity index (χ3v) is 5.97. The quantitative estimate of drug-likeness (QED) is 0.807. The topological polar surface area (TPSA) is 48.1 Å². The van der Waals surface area contributed by atoms with E-state index in [1.54, 1.807) is 4.90 Å². The molecular formula is C20H30ClFN4O2. The van der Waals surface area contributed by atoms with Crippen LogP contribution in [0.2, 0.25) is 5.02 Å². The zero-order valence-corrected chi connectivity index (χ0v) is 17.4. The Labute approximate surface area is 171 Å². The Morgan fingerprint density at radius 1 is 1.32 bits per heavy atom. The van der Waals surface area contributed by atoms with E-state index >= 15 is 0 Å². The van der Waals surface area contributed by atoms with E-state index in [9.17, 15) is 9.18 Å². The van der Waals surface area contributed by atoms with Crippen LogP contribution in [-0.4, -0.2) is 85.3 Å². The van der Waals surface area contributed by atoms with Gasteiger partial charge in [-0.1, -0.05) is 18.5 Å². The molecule has 2 amide bonds. The summed E-state index contributed by atoms with van der Waals surface area (Å²) in [5.41, 5.74) is 0.500. The van der Waals surface area contributed by atoms with Crippen molar-refractivity contribution >= 4 is 23.3 Å². The molecule has 6 nitrogen and oxygen atoms in total. The molecule has 2 aliphatic heterocycles. The summed E-state index contributed by atoms with van der Waals surface area (Å²) >= 11 is 5.77. The van der Waals surface area contributed by atoms with E-state index in [2.05, 4.69) is 29.0 Å². The summed E-state index contributed by atoms with van der Waals surface area (Å²) in [6, 6.07) is 4.60. The molecule has 2 heterocycles. The first kappa shape index (κ1) is 21.3. The monoisotopic (exact) mass is 412 g/mol. The Balaban J connectivity index is 1.43. The molecule has 0 radical (unpaired) electrons. The number of hydrogen-bond donors (Lipinski definition) is 1. The predicted molar refractivity (Wildman–Crippen MR) is 110 cm³/mol. The molecule has 0 saturated carbocycles. The molecule has 2 fully saturated rings. The van der Waals surface area contributed by atoms with Gasteiger partial charge < -0.3 is 15.0 Å². The van der Waals surface area contributed by atoms with Gasteiger partial charge in [0.1, 0.15) is 5.82 Å². The van der Waals surface area contributed by atoms with E-state index in [1.807, 2.05) is 0 Å². The van der Waals surface area contributed by atoms with Gasteiger partial charge in [-0.2, -0.15) is 0 Å². The molecule has 3 rings (SSSR count). The van der Waals surface area contributed by atoms with Gasteiger partial charge in [-0.15, -0.1) is 0 Å². The van der Waals surface area contributed by atoms with Crippen LogP contribution in [0.3, 0.4) is 0 Å². The van der Waals surface area contributed by atoms with Crippen LogP contribution in [0.4, 0.5) is 14.9 Å². The van der Waals surface area contributed by atoms with Crippen LogP contribution in [0.1, 0.15) is 20.3 Å². The minimum Gasteiger partial charge on any atom is -0.374 e. The van der Waals surface area contributed by atoms with Gasteiger partial charge in [-0.25, -0.2) is 9.18 Å². The number of amides is 2. The number of nitrogens with zero attached hydrogens (tertiary/aromatic N) is 3. The van der Waals surface area contributed by atoms with Crippen molar-refractivity contribution in [2.45, 2.75) is 32.4 Å². The summed E-state index contributed by atoms with van der Waals surface area (Å²) in [7, 11) is 0. The number of nitrogens with one attached hydrogen (secondary N) is 1. The molecule has 1 aromatic rings. The van der Waals surface area contributed by atoms with Crippen LogP contribution < -0.4 is 5.32 Å². The average Bonchev–Trinajstić information content (AvgIpc) is 2.71. The standard InChI is InChI=1S/C20H30ClFN4O2/c1-3-15(2)26-10-11-28-17(14-26)13-24-6-8-25(9-7-24)20(27)23-16-4-5-19(22)18(21)12-16/h4-5,12,15,17H,3,6-11,13-14H2,1-2H3,(H,23,27)/t15-,17-/m1/s1. The number of anilines is 1. The molecule has 156 valence electrons. The molecule has 0 bridgehead atoms. The van der Waals surface area contributed by atoms with E-state index in [-0.39, 0.29) is 17.2 Å². The van der Waals surface area contributed by atoms with Crippen LogP contribution in [0.5, 0.6) is 0 Å². The molecule has 2 aliphatic rings. The Morgan fingerprint density at radius 2 is 2.07 bits per heavy atom. The second-order valence-electron chi connectivity index (χ2n) is 7.59. The summed E-state index contributed by atoms with van der Waals surface area (Å²) in [6.45, 7) is 11.1. The van der Waals surface area contributed by atoms with Gasteiger partial charge in [0.05, 0.1) is 17.7 Å². The molecule has 2 saturated heterocycles. The third kappa shape index (κ3) is 5.56. The van der Waals surface area contributed by atoms with Crippen LogP contribution in [0.15, 0.2) is 18.2 Å². The molecule has 0 spiro atoms. The van der Waals surface area contributed by atoms with Crippen molar-refractivity contribution in [2.24, 2.45) is 0 Å². The van der Waals surface area contributed by atoms with Crippen molar-refractivity contribution in [2.75, 3.05) is 57.7 Å². The summed E-state index contributed by atoms with van der Waals surface area (Å²) in [5.74, 6) is -0.495. The first-order chi connectivity index (χ1) is 13.5. The second-order valence-corrected chi connectivity index (χ2v) is 8.00. The number of morpholine rings is 1. The van der Waals surface area contributed by atoms with Crippen molar-refractivity contribution < 1.29 is 13.9 Å². The first-order valence-electron chi connectivity index (χ1n) is 10.0. The molecule has 28 heavy (non-hydrogen) atoms. The van der Waals surface area contributed by atoms with Crippen molar-refractivity contribution in [1.82, 2.24) is 14.7 Å². The van der Waals surface area contributed by atoms with Crippen LogP contribution in [-0.2, 0) is 4.74 Å². The average molecular weight is 413 g/mol. The summed E-state index contributed by atoms with van der Waals surface area (Å²) in [6.07, 6.45) is 1.38. The van der Waals surface area contributed by atoms with Crippen molar-refractivity contribution in [3.63, 3.8) is 0 Å². The van der Waals surface area contributed by atoms with Gasteiger partial charge in [0.15, 0.2) is 0 Å². The zero-order valence-electron chi connectivity index (χ0n) is 16.7. The summed E-state index contributed by atoms with van der Waals surface area (Å²) in [4.78, 5) is 19.1. The molecule has 0 aromatic heterocycles. The lowest BCUT2D eigenvalue weighted by molar-refractivity contribution is -0.0574. The fraction of sp³-hybridized carbons (Fsp3) is 0.650. The van der Waals surface area contributed by atoms with E-state index in [0.29, 0.717) is 24.8 Å². The van der Waals surface area contributed by atoms with Crippen molar-refractivity contribution in [1.29, 1.82) is 0 Å². The summed E-state index contributed by atoms with van der Waals surface area (Å²) in [5, 5.41) is 2.79. The van der Waals surface area contributed by atoms with Crippen molar-refractivity contribution in [3.05, 3.63) is 29.0 Å². The number of hydrogen-bond acceptors (Lipinski definition) is 4. The molecule has 0 aliphatic carbocycles. The highest BCUT2D eigenvalue weighted by molar-refractivity contribution is 6.31. The zero-order chi connectivity index (χ0) is 20.1. The van der Waals surface area contributed by atoms with Crippen LogP contribution in [0, 0.1) is 5.82 Å². The first-order valence-corrected chi connectivity index (χ1v) is 10.4. The maximum Gasteiger partial charge on any atom is 0.321 e. The van der Waals surface area contributed by atoms with Crippen molar-refractivity contribution in [3.8, 4) is 0 Å². The highest BCUT2D eigenvalue weighted by Gasteiger charge is 2.27. The lowest BCUT2D eigenvalue weighted by atomic mass is 10.1. The molecule has 1 N–H and O–H groups in total. The lowest BCUT2D eigenvalue weighted by Crippen LogP contribution is -2.55. The number of halogens is 2. The normalized spacial score (nSPS) is 22.9. The smallest absolute Gasteiger partial charge is 0.321 e. The molecule has 0 unspecified atom stereocenters. The lowest BCUT2D eigenvalue weighted by Gasteiger charge is -2.40.